The van der Waals surface area contributed by atoms with E-state index in [4.69, 9.17) is 31.5 Å². The van der Waals surface area contributed by atoms with E-state index in [0.717, 1.165) is 16.7 Å². The van der Waals surface area contributed by atoms with Crippen LogP contribution in [0.15, 0.2) is 102 Å². The lowest BCUT2D eigenvalue weighted by molar-refractivity contribution is -0.470. The number of ether oxygens (including phenoxy) is 2. The third-order valence-corrected chi connectivity index (χ3v) is 8.11. The molecule has 1 saturated heterocycles. The first-order chi connectivity index (χ1) is 19.8. The molecule has 4 aromatic rings. The van der Waals surface area contributed by atoms with Gasteiger partial charge in [-0.2, -0.15) is 4.89 Å². The van der Waals surface area contributed by atoms with Gasteiger partial charge in [-0.3, -0.25) is 14.3 Å². The molecule has 0 spiro atoms. The number of hydrogen-bond acceptors (Lipinski definition) is 8. The van der Waals surface area contributed by atoms with Crippen LogP contribution < -0.4 is 5.56 Å². The van der Waals surface area contributed by atoms with Crippen molar-refractivity contribution in [2.75, 3.05) is 20.8 Å². The predicted molar refractivity (Wildman–Crippen MR) is 154 cm³/mol. The van der Waals surface area contributed by atoms with E-state index in [9.17, 15) is 15.0 Å². The summed E-state index contributed by atoms with van der Waals surface area (Å²) in [6.45, 7) is 1.04. The molecule has 0 aliphatic carbocycles. The molecule has 10 heteroatoms. The van der Waals surface area contributed by atoms with Crippen LogP contribution in [-0.2, 0) is 30.4 Å². The molecule has 4 atom stereocenters. The SMILES string of the molecule is COO[C@]1(OC)[C@H](O)[C@@H](CO)O[C@]1(n1cc(C)c(=O)[nH]c1=S)C(c1ccccc1)(c1ccccc1)c1ccccc1. The van der Waals surface area contributed by atoms with Crippen molar-refractivity contribution in [1.29, 1.82) is 0 Å². The van der Waals surface area contributed by atoms with Gasteiger partial charge < -0.3 is 19.7 Å². The number of aromatic nitrogens is 2. The largest absolute Gasteiger partial charge is 0.394 e. The van der Waals surface area contributed by atoms with Crippen LogP contribution in [0.25, 0.3) is 0 Å². The van der Waals surface area contributed by atoms with E-state index >= 15 is 0 Å². The van der Waals surface area contributed by atoms with E-state index < -0.39 is 35.7 Å². The van der Waals surface area contributed by atoms with Crippen molar-refractivity contribution >= 4 is 12.2 Å². The number of nitrogens with one attached hydrogen (secondary N) is 1. The molecule has 1 aliphatic rings. The molecule has 1 fully saturated rings. The van der Waals surface area contributed by atoms with Gasteiger partial charge in [0.1, 0.15) is 12.2 Å². The van der Waals surface area contributed by atoms with E-state index in [1.54, 1.807) is 13.1 Å². The van der Waals surface area contributed by atoms with E-state index in [2.05, 4.69) is 4.98 Å². The standard InChI is InChI=1S/C31H32N2O7S/c1-21-19-33(28(41)32-27(21)36)31(30(37-2,40-38-3)26(35)25(20-34)39-31)29(22-13-7-4-8-14-22,23-15-9-5-10-16-23)24-17-11-6-12-18-24/h4-19,25-26,34-35H,20H2,1-3H3,(H,32,36,41)/t25-,26-,30-,31-/m1/s1. The number of nitrogens with zero attached hydrogens (tertiary/aromatic N) is 1. The Hall–Kier alpha value is -3.48. The third-order valence-electron chi connectivity index (χ3n) is 7.81. The first kappa shape index (κ1) is 29.0. The van der Waals surface area contributed by atoms with Crippen molar-refractivity contribution in [3.63, 3.8) is 0 Å². The van der Waals surface area contributed by atoms with Gasteiger partial charge in [-0.05, 0) is 35.8 Å². The second kappa shape index (κ2) is 11.4. The van der Waals surface area contributed by atoms with Crippen molar-refractivity contribution in [1.82, 2.24) is 9.55 Å². The summed E-state index contributed by atoms with van der Waals surface area (Å²) in [5.74, 6) is -2.17. The summed E-state index contributed by atoms with van der Waals surface area (Å²) in [6, 6.07) is 28.6. The lowest BCUT2D eigenvalue weighted by Gasteiger charge is -2.55. The first-order valence-electron chi connectivity index (χ1n) is 13.1. The molecule has 0 saturated carbocycles. The Morgan fingerprint density at radius 1 is 0.951 bits per heavy atom. The zero-order chi connectivity index (χ0) is 29.3. The van der Waals surface area contributed by atoms with Crippen LogP contribution in [0.5, 0.6) is 0 Å². The van der Waals surface area contributed by atoms with Crippen LogP contribution in [0, 0.1) is 11.7 Å². The predicted octanol–water partition coefficient (Wildman–Crippen LogP) is 3.57. The highest BCUT2D eigenvalue weighted by Crippen LogP contribution is 2.62. The van der Waals surface area contributed by atoms with Crippen LogP contribution >= 0.6 is 12.2 Å². The van der Waals surface area contributed by atoms with Crippen LogP contribution in [0.3, 0.4) is 0 Å². The maximum atomic E-state index is 12.8. The summed E-state index contributed by atoms with van der Waals surface area (Å²) in [4.78, 5) is 26.8. The first-order valence-corrected chi connectivity index (χ1v) is 13.5. The topological polar surface area (TPSA) is 115 Å². The summed E-state index contributed by atoms with van der Waals surface area (Å²) >= 11 is 5.81. The fourth-order valence-corrected chi connectivity index (χ4v) is 6.45. The highest BCUT2D eigenvalue weighted by atomic mass is 32.1. The van der Waals surface area contributed by atoms with Gasteiger partial charge in [0.25, 0.3) is 11.3 Å². The monoisotopic (exact) mass is 576 g/mol. The molecule has 0 radical (unpaired) electrons. The molecule has 9 nitrogen and oxygen atoms in total. The summed E-state index contributed by atoms with van der Waals surface area (Å²) in [6.07, 6.45) is -1.28. The number of benzene rings is 3. The number of aliphatic hydroxyl groups excluding tert-OH is 2. The summed E-state index contributed by atoms with van der Waals surface area (Å²) in [5, 5.41) is 22.4. The number of aromatic amines is 1. The minimum atomic E-state index is -2.17. The number of methoxy groups -OCH3 is 1. The molecular formula is C31H32N2O7S. The van der Waals surface area contributed by atoms with Crippen molar-refractivity contribution in [3.05, 3.63) is 135 Å². The molecule has 214 valence electrons. The normalized spacial score (nSPS) is 24.4. The summed E-state index contributed by atoms with van der Waals surface area (Å²) in [5.41, 5.74) is -1.33. The third kappa shape index (κ3) is 4.14. The average Bonchev–Trinajstić information content (AvgIpc) is 3.25. The zero-order valence-corrected chi connectivity index (χ0v) is 23.7. The summed E-state index contributed by atoms with van der Waals surface area (Å²) in [7, 11) is 2.64. The van der Waals surface area contributed by atoms with Crippen molar-refractivity contribution in [3.8, 4) is 0 Å². The lowest BCUT2D eigenvalue weighted by atomic mass is 9.59. The fourth-order valence-electron chi connectivity index (χ4n) is 6.18. The van der Waals surface area contributed by atoms with E-state index in [1.165, 1.54) is 18.8 Å². The van der Waals surface area contributed by atoms with Crippen LogP contribution in [0.1, 0.15) is 22.3 Å². The molecular weight excluding hydrogens is 544 g/mol. The molecule has 1 aromatic heterocycles. The van der Waals surface area contributed by atoms with Gasteiger partial charge in [-0.1, -0.05) is 91.0 Å². The molecule has 1 aliphatic heterocycles. The molecule has 2 heterocycles. The van der Waals surface area contributed by atoms with Crippen LogP contribution in [-0.4, -0.2) is 58.6 Å². The van der Waals surface area contributed by atoms with Crippen molar-refractivity contribution in [2.45, 2.75) is 36.1 Å². The van der Waals surface area contributed by atoms with E-state index in [1.807, 2.05) is 91.0 Å². The number of H-pyrrole nitrogens is 1. The van der Waals surface area contributed by atoms with Crippen molar-refractivity contribution in [2.24, 2.45) is 0 Å². The smallest absolute Gasteiger partial charge is 0.280 e. The second-order valence-electron chi connectivity index (χ2n) is 9.84. The lowest BCUT2D eigenvalue weighted by Crippen LogP contribution is -2.70. The Balaban J connectivity index is 2.13. The minimum Gasteiger partial charge on any atom is -0.394 e. The second-order valence-corrected chi connectivity index (χ2v) is 10.2. The number of hydrogen-bond donors (Lipinski definition) is 3. The Kier molecular flexibility index (Phi) is 8.09. The number of aryl methyl sites for hydroxylation is 1. The molecule has 0 bridgehead atoms. The van der Waals surface area contributed by atoms with Gasteiger partial charge in [0.2, 0.25) is 5.72 Å². The highest BCUT2D eigenvalue weighted by molar-refractivity contribution is 7.71. The average molecular weight is 577 g/mol. The summed E-state index contributed by atoms with van der Waals surface area (Å²) < 4.78 is 14.6. The van der Waals surface area contributed by atoms with Gasteiger partial charge in [0.15, 0.2) is 4.77 Å². The Labute approximate surface area is 242 Å². The molecule has 41 heavy (non-hydrogen) atoms. The number of aliphatic hydroxyl groups is 2. The molecule has 3 aromatic carbocycles. The van der Waals surface area contributed by atoms with E-state index in [-0.39, 0.29) is 10.3 Å². The molecule has 3 N–H and O–H groups in total. The molecule has 0 unspecified atom stereocenters. The minimum absolute atomic E-state index is 0.0281. The molecule has 5 rings (SSSR count). The van der Waals surface area contributed by atoms with Crippen molar-refractivity contribution < 1.29 is 29.5 Å². The maximum absolute atomic E-state index is 12.8. The van der Waals surface area contributed by atoms with E-state index in [0.29, 0.717) is 5.56 Å². The Bertz CT molecular complexity index is 1500. The van der Waals surface area contributed by atoms with Crippen LogP contribution in [0.2, 0.25) is 0 Å². The highest BCUT2D eigenvalue weighted by Gasteiger charge is 2.79. The molecule has 0 amide bonds. The van der Waals surface area contributed by atoms with Gasteiger partial charge in [-0.15, -0.1) is 0 Å². The quantitative estimate of drug-likeness (QED) is 0.0911. The number of rotatable bonds is 9. The van der Waals surface area contributed by atoms with Gasteiger partial charge >= 0.3 is 0 Å². The van der Waals surface area contributed by atoms with Gasteiger partial charge in [0.05, 0.1) is 19.1 Å². The fraction of sp³-hybridized carbons (Fsp3) is 0.290. The maximum Gasteiger partial charge on any atom is 0.280 e. The van der Waals surface area contributed by atoms with Gasteiger partial charge in [0, 0.05) is 18.9 Å². The van der Waals surface area contributed by atoms with Crippen LogP contribution in [0.4, 0.5) is 0 Å². The Morgan fingerprint density at radius 3 is 1.85 bits per heavy atom. The van der Waals surface area contributed by atoms with Gasteiger partial charge in [-0.25, -0.2) is 4.89 Å². The zero-order valence-electron chi connectivity index (χ0n) is 22.9. The Morgan fingerprint density at radius 2 is 1.44 bits per heavy atom.